The molecule has 6 heteroatoms. The number of aryl methyl sites for hydroxylation is 1. The number of aromatic nitrogens is 2. The molecule has 6 nitrogen and oxygen atoms in total. The van der Waals surface area contributed by atoms with E-state index < -0.39 is 0 Å². The number of nitrogens with one attached hydrogen (secondary N) is 3. The quantitative estimate of drug-likeness (QED) is 0.695. The second-order valence-corrected chi connectivity index (χ2v) is 5.71. The zero-order valence-corrected chi connectivity index (χ0v) is 13.2. The van der Waals surface area contributed by atoms with Crippen molar-refractivity contribution in [2.75, 3.05) is 24.3 Å². The molecule has 0 bridgehead atoms. The third kappa shape index (κ3) is 2.96. The largest absolute Gasteiger partial charge is 0.376 e. The molecule has 0 aliphatic heterocycles. The Morgan fingerprint density at radius 1 is 1.04 bits per heavy atom. The van der Waals surface area contributed by atoms with Crippen molar-refractivity contribution in [3.63, 3.8) is 0 Å². The van der Waals surface area contributed by atoms with Crippen molar-refractivity contribution in [3.8, 4) is 0 Å². The second kappa shape index (κ2) is 5.64. The zero-order valence-electron chi connectivity index (χ0n) is 13.2. The lowest BCUT2D eigenvalue weighted by atomic mass is 10.1. The van der Waals surface area contributed by atoms with Gasteiger partial charge < -0.3 is 20.2 Å². The van der Waals surface area contributed by atoms with Crippen LogP contribution in [0.15, 0.2) is 41.2 Å². The minimum absolute atomic E-state index is 0.190. The first-order valence-corrected chi connectivity index (χ1v) is 7.25. The SMILES string of the molecule is Cc1ccc(C(=O)Nc2cc3[nH]c(=O)[nH]c3cc2N(C)C)cc1. The zero-order chi connectivity index (χ0) is 16.6. The maximum atomic E-state index is 12.4. The van der Waals surface area contributed by atoms with Gasteiger partial charge in [-0.15, -0.1) is 0 Å². The van der Waals surface area contributed by atoms with Crippen LogP contribution in [0, 0.1) is 6.92 Å². The van der Waals surface area contributed by atoms with E-state index in [1.54, 1.807) is 18.2 Å². The summed E-state index contributed by atoms with van der Waals surface area (Å²) in [5.74, 6) is -0.190. The van der Waals surface area contributed by atoms with Crippen LogP contribution >= 0.6 is 0 Å². The summed E-state index contributed by atoms with van der Waals surface area (Å²) < 4.78 is 0. The molecule has 0 saturated heterocycles. The molecule has 0 unspecified atom stereocenters. The first-order valence-electron chi connectivity index (χ1n) is 7.25. The minimum Gasteiger partial charge on any atom is -0.376 e. The molecule has 0 radical (unpaired) electrons. The molecule has 23 heavy (non-hydrogen) atoms. The number of imidazole rings is 1. The maximum absolute atomic E-state index is 12.4. The summed E-state index contributed by atoms with van der Waals surface area (Å²) in [6.07, 6.45) is 0. The smallest absolute Gasteiger partial charge is 0.323 e. The number of hydrogen-bond acceptors (Lipinski definition) is 3. The number of carbonyl (C=O) groups excluding carboxylic acids is 1. The highest BCUT2D eigenvalue weighted by atomic mass is 16.2. The van der Waals surface area contributed by atoms with Crippen molar-refractivity contribution in [1.82, 2.24) is 9.97 Å². The Balaban J connectivity index is 2.00. The molecule has 118 valence electrons. The van der Waals surface area contributed by atoms with Gasteiger partial charge >= 0.3 is 5.69 Å². The Morgan fingerprint density at radius 3 is 2.26 bits per heavy atom. The van der Waals surface area contributed by atoms with E-state index in [1.807, 2.05) is 44.1 Å². The highest BCUT2D eigenvalue weighted by molar-refractivity contribution is 6.07. The number of hydrogen-bond donors (Lipinski definition) is 3. The number of amides is 1. The summed E-state index contributed by atoms with van der Waals surface area (Å²) in [5, 5.41) is 2.91. The van der Waals surface area contributed by atoms with Gasteiger partial charge in [0.2, 0.25) is 0 Å². The molecule has 0 spiro atoms. The second-order valence-electron chi connectivity index (χ2n) is 5.71. The van der Waals surface area contributed by atoms with Crippen molar-refractivity contribution in [2.24, 2.45) is 0 Å². The fourth-order valence-corrected chi connectivity index (χ4v) is 2.44. The van der Waals surface area contributed by atoms with Crippen LogP contribution in [-0.2, 0) is 0 Å². The molecule has 2 aromatic carbocycles. The van der Waals surface area contributed by atoms with Gasteiger partial charge in [0.05, 0.1) is 22.4 Å². The van der Waals surface area contributed by atoms with Crippen LogP contribution in [-0.4, -0.2) is 30.0 Å². The van der Waals surface area contributed by atoms with Gasteiger partial charge in [0, 0.05) is 19.7 Å². The van der Waals surface area contributed by atoms with Crippen molar-refractivity contribution in [2.45, 2.75) is 6.92 Å². The predicted molar refractivity (Wildman–Crippen MR) is 92.4 cm³/mol. The number of H-pyrrole nitrogens is 2. The van der Waals surface area contributed by atoms with E-state index in [0.717, 1.165) is 11.3 Å². The number of aromatic amines is 2. The lowest BCUT2D eigenvalue weighted by Gasteiger charge is -2.18. The summed E-state index contributed by atoms with van der Waals surface area (Å²) in [6.45, 7) is 1.97. The van der Waals surface area contributed by atoms with Gasteiger partial charge in [-0.25, -0.2) is 4.79 Å². The Hall–Kier alpha value is -3.02. The summed E-state index contributed by atoms with van der Waals surface area (Å²) in [5.41, 5.74) is 4.22. The first-order chi connectivity index (χ1) is 10.9. The van der Waals surface area contributed by atoms with E-state index in [-0.39, 0.29) is 11.6 Å². The predicted octanol–water partition coefficient (Wildman–Crippen LogP) is 2.48. The molecule has 0 atom stereocenters. The van der Waals surface area contributed by atoms with Gasteiger partial charge in [0.25, 0.3) is 5.91 Å². The number of nitrogens with zero attached hydrogens (tertiary/aromatic N) is 1. The van der Waals surface area contributed by atoms with Crippen molar-refractivity contribution < 1.29 is 4.79 Å². The van der Waals surface area contributed by atoms with Gasteiger partial charge in [0.1, 0.15) is 0 Å². The number of carbonyl (C=O) groups is 1. The average molecular weight is 310 g/mol. The van der Waals surface area contributed by atoms with E-state index in [2.05, 4.69) is 15.3 Å². The topological polar surface area (TPSA) is 81.0 Å². The highest BCUT2D eigenvalue weighted by Gasteiger charge is 2.13. The standard InChI is InChI=1S/C17H18N4O2/c1-10-4-6-11(7-5-10)16(22)18-14-8-12-13(20-17(23)19-12)9-15(14)21(2)3/h4-9H,1-3H3,(H,18,22)(H2,19,20,23). The molecule has 3 rings (SSSR count). The van der Waals surface area contributed by atoms with E-state index in [0.29, 0.717) is 22.3 Å². The number of benzene rings is 2. The van der Waals surface area contributed by atoms with Gasteiger partial charge in [0.15, 0.2) is 0 Å². The fraction of sp³-hybridized carbons (Fsp3) is 0.176. The number of anilines is 2. The highest BCUT2D eigenvalue weighted by Crippen LogP contribution is 2.28. The van der Waals surface area contributed by atoms with Gasteiger partial charge in [-0.1, -0.05) is 17.7 Å². The van der Waals surface area contributed by atoms with E-state index in [9.17, 15) is 9.59 Å². The molecule has 0 aliphatic carbocycles. The van der Waals surface area contributed by atoms with Gasteiger partial charge in [-0.2, -0.15) is 0 Å². The molecule has 1 heterocycles. The minimum atomic E-state index is -0.272. The molecule has 1 aromatic heterocycles. The fourth-order valence-electron chi connectivity index (χ4n) is 2.44. The lowest BCUT2D eigenvalue weighted by Crippen LogP contribution is -2.16. The number of fused-ring (bicyclic) bond motifs is 1. The molecule has 1 amide bonds. The summed E-state index contributed by atoms with van der Waals surface area (Å²) in [4.78, 5) is 31.2. The van der Waals surface area contributed by atoms with E-state index in [4.69, 9.17) is 0 Å². The number of rotatable bonds is 3. The van der Waals surface area contributed by atoms with Crippen LogP contribution in [0.2, 0.25) is 0 Å². The third-order valence-corrected chi connectivity index (χ3v) is 3.68. The summed E-state index contributed by atoms with van der Waals surface area (Å²) in [6, 6.07) is 11.0. The van der Waals surface area contributed by atoms with Crippen molar-refractivity contribution in [1.29, 1.82) is 0 Å². The first kappa shape index (κ1) is 14.9. The Kier molecular flexibility index (Phi) is 3.65. The van der Waals surface area contributed by atoms with Crippen LogP contribution in [0.1, 0.15) is 15.9 Å². The molecular weight excluding hydrogens is 292 g/mol. The summed E-state index contributed by atoms with van der Waals surface area (Å²) in [7, 11) is 3.76. The monoisotopic (exact) mass is 310 g/mol. The maximum Gasteiger partial charge on any atom is 0.323 e. The van der Waals surface area contributed by atoms with Crippen molar-refractivity contribution in [3.05, 3.63) is 58.0 Å². The Morgan fingerprint density at radius 2 is 1.65 bits per heavy atom. The average Bonchev–Trinajstić information content (AvgIpc) is 2.86. The Bertz CT molecular complexity index is 920. The molecular formula is C17H18N4O2. The third-order valence-electron chi connectivity index (χ3n) is 3.68. The molecule has 0 saturated carbocycles. The van der Waals surface area contributed by atoms with Crippen LogP contribution in [0.4, 0.5) is 11.4 Å². The van der Waals surface area contributed by atoms with Crippen LogP contribution in [0.5, 0.6) is 0 Å². The molecule has 0 aliphatic rings. The van der Waals surface area contributed by atoms with Crippen LogP contribution < -0.4 is 15.9 Å². The summed E-state index contributed by atoms with van der Waals surface area (Å²) >= 11 is 0. The van der Waals surface area contributed by atoms with E-state index >= 15 is 0 Å². The van der Waals surface area contributed by atoms with Gasteiger partial charge in [-0.3, -0.25) is 4.79 Å². The molecule has 3 N–H and O–H groups in total. The molecule has 0 fully saturated rings. The van der Waals surface area contributed by atoms with Crippen LogP contribution in [0.3, 0.4) is 0 Å². The normalized spacial score (nSPS) is 10.7. The molecule has 3 aromatic rings. The van der Waals surface area contributed by atoms with Gasteiger partial charge in [-0.05, 0) is 31.2 Å². The Labute approximate surface area is 133 Å². The lowest BCUT2D eigenvalue weighted by molar-refractivity contribution is 0.102. The van der Waals surface area contributed by atoms with Crippen molar-refractivity contribution >= 4 is 28.3 Å². The van der Waals surface area contributed by atoms with Crippen LogP contribution in [0.25, 0.3) is 11.0 Å². The van der Waals surface area contributed by atoms with E-state index in [1.165, 1.54) is 0 Å².